The minimum Gasteiger partial charge on any atom is -0.355 e. The molecule has 1 aromatic carbocycles. The molecule has 1 aliphatic rings. The van der Waals surface area contributed by atoms with Crippen molar-refractivity contribution in [2.75, 3.05) is 0 Å². The lowest BCUT2D eigenvalue weighted by molar-refractivity contribution is 0.112. The van der Waals surface area contributed by atoms with Gasteiger partial charge in [-0.15, -0.1) is 0 Å². The minimum atomic E-state index is -0.264. The Morgan fingerprint density at radius 1 is 1.26 bits per heavy atom. The van der Waals surface area contributed by atoms with E-state index in [0.717, 1.165) is 35.8 Å². The molecule has 0 unspecified atom stereocenters. The van der Waals surface area contributed by atoms with Gasteiger partial charge in [0, 0.05) is 16.6 Å². The number of H-pyrrole nitrogens is 1. The lowest BCUT2D eigenvalue weighted by atomic mass is 9.85. The number of carbonyl (C=O) groups excluding carboxylic acids is 1. The summed E-state index contributed by atoms with van der Waals surface area (Å²) in [6, 6.07) is 3.41. The third-order valence-corrected chi connectivity index (χ3v) is 4.21. The molecule has 0 aliphatic heterocycles. The molecular weight excluding hydrogens is 241 g/mol. The number of aldehydes is 1. The highest BCUT2D eigenvalue weighted by molar-refractivity contribution is 5.99. The van der Waals surface area contributed by atoms with E-state index in [2.05, 4.69) is 4.98 Å². The zero-order valence-electron chi connectivity index (χ0n) is 11.1. The molecule has 19 heavy (non-hydrogen) atoms. The smallest absolute Gasteiger partial charge is 0.152 e. The van der Waals surface area contributed by atoms with Gasteiger partial charge in [0.2, 0.25) is 0 Å². The molecule has 100 valence electrons. The molecule has 1 aromatic heterocycles. The number of hydrogen-bond acceptors (Lipinski definition) is 1. The first kappa shape index (κ1) is 12.4. The SMILES string of the molecule is Cc1cc(F)c2[nH]c(C3CCCCC3)c(C=O)c2c1. The van der Waals surface area contributed by atoms with Gasteiger partial charge in [-0.25, -0.2) is 4.39 Å². The topological polar surface area (TPSA) is 32.9 Å². The molecule has 0 saturated heterocycles. The van der Waals surface area contributed by atoms with Gasteiger partial charge in [-0.2, -0.15) is 0 Å². The summed E-state index contributed by atoms with van der Waals surface area (Å²) < 4.78 is 14.0. The Balaban J connectivity index is 2.18. The summed E-state index contributed by atoms with van der Waals surface area (Å²) in [6.07, 6.45) is 6.71. The number of aromatic amines is 1. The zero-order chi connectivity index (χ0) is 13.4. The van der Waals surface area contributed by atoms with Gasteiger partial charge in [-0.05, 0) is 43.4 Å². The van der Waals surface area contributed by atoms with Crippen molar-refractivity contribution in [3.05, 3.63) is 34.8 Å². The fourth-order valence-corrected chi connectivity index (χ4v) is 3.27. The summed E-state index contributed by atoms with van der Waals surface area (Å²) in [5, 5.41) is 0.730. The third-order valence-electron chi connectivity index (χ3n) is 4.21. The summed E-state index contributed by atoms with van der Waals surface area (Å²) in [4.78, 5) is 14.6. The van der Waals surface area contributed by atoms with Crippen molar-refractivity contribution in [2.24, 2.45) is 0 Å². The van der Waals surface area contributed by atoms with Crippen LogP contribution >= 0.6 is 0 Å². The molecule has 3 heteroatoms. The van der Waals surface area contributed by atoms with Crippen LogP contribution < -0.4 is 0 Å². The van der Waals surface area contributed by atoms with E-state index in [1.165, 1.54) is 25.3 Å². The van der Waals surface area contributed by atoms with Crippen molar-refractivity contribution in [1.29, 1.82) is 0 Å². The van der Waals surface area contributed by atoms with Crippen LogP contribution in [0.1, 0.15) is 59.6 Å². The van der Waals surface area contributed by atoms with Crippen LogP contribution in [-0.2, 0) is 0 Å². The first-order chi connectivity index (χ1) is 9.20. The Morgan fingerprint density at radius 2 is 2.00 bits per heavy atom. The van der Waals surface area contributed by atoms with Crippen molar-refractivity contribution >= 4 is 17.2 Å². The molecule has 0 radical (unpaired) electrons. The lowest BCUT2D eigenvalue weighted by Gasteiger charge is -2.21. The minimum absolute atomic E-state index is 0.264. The van der Waals surface area contributed by atoms with Gasteiger partial charge >= 0.3 is 0 Å². The highest BCUT2D eigenvalue weighted by Gasteiger charge is 2.23. The number of aromatic nitrogens is 1. The fraction of sp³-hybridized carbons (Fsp3) is 0.438. The predicted octanol–water partition coefficient (Wildman–Crippen LogP) is 4.48. The van der Waals surface area contributed by atoms with Gasteiger partial charge in [-0.3, -0.25) is 4.79 Å². The van der Waals surface area contributed by atoms with Crippen LogP contribution in [0.15, 0.2) is 12.1 Å². The number of fused-ring (bicyclic) bond motifs is 1. The summed E-state index contributed by atoms with van der Waals surface area (Å²) in [5.74, 6) is 0.112. The second-order valence-corrected chi connectivity index (χ2v) is 5.57. The lowest BCUT2D eigenvalue weighted by Crippen LogP contribution is -2.06. The normalized spacial score (nSPS) is 16.9. The maximum atomic E-state index is 14.0. The Morgan fingerprint density at radius 3 is 2.68 bits per heavy atom. The average molecular weight is 259 g/mol. The number of hydrogen-bond donors (Lipinski definition) is 1. The van der Waals surface area contributed by atoms with Crippen molar-refractivity contribution in [3.63, 3.8) is 0 Å². The maximum absolute atomic E-state index is 14.0. The van der Waals surface area contributed by atoms with E-state index >= 15 is 0 Å². The Labute approximate surface area is 112 Å². The van der Waals surface area contributed by atoms with Crippen molar-refractivity contribution in [2.45, 2.75) is 44.9 Å². The molecule has 3 rings (SSSR count). The van der Waals surface area contributed by atoms with E-state index in [1.54, 1.807) is 0 Å². The van der Waals surface area contributed by atoms with Crippen molar-refractivity contribution < 1.29 is 9.18 Å². The summed E-state index contributed by atoms with van der Waals surface area (Å²) in [7, 11) is 0. The maximum Gasteiger partial charge on any atom is 0.152 e. The number of aryl methyl sites for hydroxylation is 1. The number of carbonyl (C=O) groups is 1. The summed E-state index contributed by atoms with van der Waals surface area (Å²) >= 11 is 0. The number of halogens is 1. The van der Waals surface area contributed by atoms with Gasteiger partial charge in [0.1, 0.15) is 5.82 Å². The molecule has 2 nitrogen and oxygen atoms in total. The first-order valence-electron chi connectivity index (χ1n) is 6.97. The van der Waals surface area contributed by atoms with Gasteiger partial charge in [0.25, 0.3) is 0 Å². The molecule has 0 spiro atoms. The number of benzene rings is 1. The van der Waals surface area contributed by atoms with Crippen LogP contribution in [0.5, 0.6) is 0 Å². The van der Waals surface area contributed by atoms with Gasteiger partial charge in [0.15, 0.2) is 6.29 Å². The average Bonchev–Trinajstić information content (AvgIpc) is 2.78. The first-order valence-corrected chi connectivity index (χ1v) is 6.97. The van der Waals surface area contributed by atoms with E-state index in [9.17, 15) is 9.18 Å². The molecule has 1 aliphatic carbocycles. The Kier molecular flexibility index (Phi) is 3.13. The predicted molar refractivity (Wildman–Crippen MR) is 74.2 cm³/mol. The second kappa shape index (κ2) is 4.80. The zero-order valence-corrected chi connectivity index (χ0v) is 11.1. The highest BCUT2D eigenvalue weighted by Crippen LogP contribution is 2.36. The Hall–Kier alpha value is -1.64. The second-order valence-electron chi connectivity index (χ2n) is 5.57. The van der Waals surface area contributed by atoms with Crippen LogP contribution in [-0.4, -0.2) is 11.3 Å². The molecule has 0 atom stereocenters. The van der Waals surface area contributed by atoms with Gasteiger partial charge in [-0.1, -0.05) is 19.3 Å². The molecule has 0 bridgehead atoms. The van der Waals surface area contributed by atoms with E-state index in [0.29, 0.717) is 17.0 Å². The largest absolute Gasteiger partial charge is 0.355 e. The van der Waals surface area contributed by atoms with E-state index in [-0.39, 0.29) is 5.82 Å². The molecule has 1 saturated carbocycles. The highest BCUT2D eigenvalue weighted by atomic mass is 19.1. The monoisotopic (exact) mass is 259 g/mol. The molecule has 2 aromatic rings. The van der Waals surface area contributed by atoms with E-state index in [1.807, 2.05) is 13.0 Å². The molecular formula is C16H18FNO. The molecule has 1 fully saturated rings. The van der Waals surface area contributed by atoms with Crippen molar-refractivity contribution in [3.8, 4) is 0 Å². The summed E-state index contributed by atoms with van der Waals surface area (Å²) in [5.41, 5.74) is 2.93. The quantitative estimate of drug-likeness (QED) is 0.793. The summed E-state index contributed by atoms with van der Waals surface area (Å²) in [6.45, 7) is 1.85. The number of nitrogens with one attached hydrogen (secondary N) is 1. The van der Waals surface area contributed by atoms with Crippen LogP contribution in [0, 0.1) is 12.7 Å². The van der Waals surface area contributed by atoms with Crippen LogP contribution in [0.25, 0.3) is 10.9 Å². The third kappa shape index (κ3) is 2.07. The van der Waals surface area contributed by atoms with E-state index in [4.69, 9.17) is 0 Å². The van der Waals surface area contributed by atoms with Crippen LogP contribution in [0.4, 0.5) is 4.39 Å². The Bertz CT molecular complexity index is 623. The molecule has 1 N–H and O–H groups in total. The van der Waals surface area contributed by atoms with Crippen molar-refractivity contribution in [1.82, 2.24) is 4.98 Å². The van der Waals surface area contributed by atoms with Gasteiger partial charge in [0.05, 0.1) is 5.52 Å². The van der Waals surface area contributed by atoms with E-state index < -0.39 is 0 Å². The fourth-order valence-electron chi connectivity index (χ4n) is 3.27. The van der Waals surface area contributed by atoms with Crippen LogP contribution in [0.3, 0.4) is 0 Å². The standard InChI is InChI=1S/C16H18FNO/c1-10-7-12-13(9-19)15(11-5-3-2-4-6-11)18-16(12)14(17)8-10/h7-9,11,18H,2-6H2,1H3. The number of rotatable bonds is 2. The van der Waals surface area contributed by atoms with Gasteiger partial charge < -0.3 is 4.98 Å². The molecule has 0 amide bonds. The van der Waals surface area contributed by atoms with Crippen LogP contribution in [0.2, 0.25) is 0 Å². The molecule has 1 heterocycles.